The summed E-state index contributed by atoms with van der Waals surface area (Å²) in [5, 5.41) is 11.8. The van der Waals surface area contributed by atoms with E-state index in [0.29, 0.717) is 11.9 Å². The molecule has 0 amide bonds. The van der Waals surface area contributed by atoms with Gasteiger partial charge in [0.1, 0.15) is 5.58 Å². The molecule has 0 aliphatic carbocycles. The quantitative estimate of drug-likeness (QED) is 0.753. The van der Waals surface area contributed by atoms with Gasteiger partial charge in [0.2, 0.25) is 5.95 Å². The summed E-state index contributed by atoms with van der Waals surface area (Å²) in [5.74, 6) is 2.13. The molecule has 1 atom stereocenters. The highest BCUT2D eigenvalue weighted by Crippen LogP contribution is 2.26. The average Bonchev–Trinajstić information content (AvgIpc) is 3.14. The van der Waals surface area contributed by atoms with Crippen molar-refractivity contribution >= 4 is 16.9 Å². The zero-order valence-electron chi connectivity index (χ0n) is 11.8. The topological polar surface area (TPSA) is 70.0 Å². The van der Waals surface area contributed by atoms with E-state index in [1.54, 1.807) is 0 Å². The predicted octanol–water partition coefficient (Wildman–Crippen LogP) is 2.02. The number of hydrogen-bond donors (Lipinski definition) is 2. The van der Waals surface area contributed by atoms with Gasteiger partial charge < -0.3 is 14.6 Å². The van der Waals surface area contributed by atoms with Crippen molar-refractivity contribution in [2.75, 3.05) is 24.5 Å². The molecule has 2 aromatic heterocycles. The third-order valence-corrected chi connectivity index (χ3v) is 3.78. The van der Waals surface area contributed by atoms with Gasteiger partial charge in [-0.05, 0) is 19.1 Å². The van der Waals surface area contributed by atoms with E-state index in [4.69, 9.17) is 4.42 Å². The van der Waals surface area contributed by atoms with Crippen LogP contribution >= 0.6 is 0 Å². The summed E-state index contributed by atoms with van der Waals surface area (Å²) in [6.07, 6.45) is 0. The largest absolute Gasteiger partial charge is 0.453 e. The second-order valence-corrected chi connectivity index (χ2v) is 5.43. The Morgan fingerprint density at radius 2 is 2.24 bits per heavy atom. The van der Waals surface area contributed by atoms with Crippen molar-refractivity contribution in [3.8, 4) is 11.6 Å². The lowest BCUT2D eigenvalue weighted by Crippen LogP contribution is -2.49. The van der Waals surface area contributed by atoms with Crippen LogP contribution in [0.25, 0.3) is 22.6 Å². The van der Waals surface area contributed by atoms with Gasteiger partial charge in [-0.25, -0.2) is 0 Å². The highest BCUT2D eigenvalue weighted by atomic mass is 16.3. The van der Waals surface area contributed by atoms with Gasteiger partial charge in [0.15, 0.2) is 11.6 Å². The molecule has 6 nitrogen and oxygen atoms in total. The van der Waals surface area contributed by atoms with Crippen molar-refractivity contribution in [2.24, 2.45) is 0 Å². The molecule has 2 N–H and O–H groups in total. The molecule has 21 heavy (non-hydrogen) atoms. The molecule has 1 aliphatic rings. The summed E-state index contributed by atoms with van der Waals surface area (Å²) in [6, 6.07) is 10.4. The van der Waals surface area contributed by atoms with Crippen LogP contribution in [0, 0.1) is 0 Å². The van der Waals surface area contributed by atoms with Crippen LogP contribution in [0.1, 0.15) is 6.92 Å². The molecule has 0 saturated carbocycles. The van der Waals surface area contributed by atoms with E-state index in [-0.39, 0.29) is 0 Å². The van der Waals surface area contributed by atoms with Gasteiger partial charge >= 0.3 is 0 Å². The van der Waals surface area contributed by atoms with Crippen LogP contribution < -0.4 is 10.2 Å². The minimum Gasteiger partial charge on any atom is -0.453 e. The predicted molar refractivity (Wildman–Crippen MR) is 81.3 cm³/mol. The molecule has 3 heterocycles. The van der Waals surface area contributed by atoms with E-state index in [2.05, 4.69) is 32.3 Å². The van der Waals surface area contributed by atoms with Gasteiger partial charge in [0, 0.05) is 31.1 Å². The van der Waals surface area contributed by atoms with E-state index >= 15 is 0 Å². The van der Waals surface area contributed by atoms with Crippen molar-refractivity contribution in [1.29, 1.82) is 0 Å². The lowest BCUT2D eigenvalue weighted by molar-refractivity contribution is 0.480. The van der Waals surface area contributed by atoms with E-state index in [1.165, 1.54) is 0 Å². The second kappa shape index (κ2) is 4.89. The molecule has 0 bridgehead atoms. The smallest absolute Gasteiger partial charge is 0.245 e. The summed E-state index contributed by atoms with van der Waals surface area (Å²) in [4.78, 5) is 6.76. The Morgan fingerprint density at radius 3 is 3.10 bits per heavy atom. The Labute approximate surface area is 122 Å². The van der Waals surface area contributed by atoms with Crippen LogP contribution in [0.3, 0.4) is 0 Å². The summed E-state index contributed by atoms with van der Waals surface area (Å²) in [6.45, 7) is 4.95. The fraction of sp³-hybridized carbons (Fsp3) is 0.333. The van der Waals surface area contributed by atoms with Crippen LogP contribution in [0.5, 0.6) is 0 Å². The maximum absolute atomic E-state index is 5.81. The number of H-pyrrole nitrogens is 1. The first-order valence-corrected chi connectivity index (χ1v) is 7.19. The van der Waals surface area contributed by atoms with Crippen molar-refractivity contribution in [1.82, 2.24) is 20.5 Å². The minimum atomic E-state index is 0.451. The van der Waals surface area contributed by atoms with Crippen molar-refractivity contribution in [3.63, 3.8) is 0 Å². The second-order valence-electron chi connectivity index (χ2n) is 5.43. The number of benzene rings is 1. The number of anilines is 1. The number of rotatable bonds is 2. The molecule has 1 aromatic carbocycles. The van der Waals surface area contributed by atoms with Crippen LogP contribution in [-0.4, -0.2) is 40.9 Å². The molecular formula is C15H17N5O. The third-order valence-electron chi connectivity index (χ3n) is 3.78. The molecule has 0 radical (unpaired) electrons. The number of furan rings is 1. The first kappa shape index (κ1) is 12.4. The molecule has 6 heteroatoms. The van der Waals surface area contributed by atoms with E-state index in [1.807, 2.05) is 30.3 Å². The van der Waals surface area contributed by atoms with Gasteiger partial charge in [-0.1, -0.05) is 18.2 Å². The lowest BCUT2D eigenvalue weighted by atomic mass is 10.2. The molecule has 1 fully saturated rings. The SMILES string of the molecule is CC1CN(c2n[nH]c(-c3cc4ccccc4o3)n2)CCN1. The number of fused-ring (bicyclic) bond motifs is 1. The Hall–Kier alpha value is -2.34. The molecule has 1 unspecified atom stereocenters. The van der Waals surface area contributed by atoms with Gasteiger partial charge in [-0.15, -0.1) is 5.10 Å². The van der Waals surface area contributed by atoms with Crippen molar-refractivity contribution < 1.29 is 4.42 Å². The lowest BCUT2D eigenvalue weighted by Gasteiger charge is -2.30. The summed E-state index contributed by atoms with van der Waals surface area (Å²) < 4.78 is 5.81. The Morgan fingerprint density at radius 1 is 1.33 bits per heavy atom. The molecule has 1 aliphatic heterocycles. The highest BCUT2D eigenvalue weighted by molar-refractivity contribution is 5.81. The zero-order valence-corrected chi connectivity index (χ0v) is 11.8. The molecule has 4 rings (SSSR count). The maximum Gasteiger partial charge on any atom is 0.245 e. The molecular weight excluding hydrogens is 266 g/mol. The number of nitrogens with zero attached hydrogens (tertiary/aromatic N) is 3. The first-order valence-electron chi connectivity index (χ1n) is 7.19. The van der Waals surface area contributed by atoms with Crippen LogP contribution in [0.2, 0.25) is 0 Å². The number of piperazine rings is 1. The minimum absolute atomic E-state index is 0.451. The standard InChI is InChI=1S/C15H17N5O/c1-10-9-20(7-6-16-10)15-17-14(18-19-15)13-8-11-4-2-3-5-12(11)21-13/h2-5,8,10,16H,6-7,9H2,1H3,(H,17,18,19). The summed E-state index contributed by atoms with van der Waals surface area (Å²) in [7, 11) is 0. The van der Waals surface area contributed by atoms with Gasteiger partial charge in [0.05, 0.1) is 0 Å². The van der Waals surface area contributed by atoms with Crippen LogP contribution in [0.4, 0.5) is 5.95 Å². The number of nitrogens with one attached hydrogen (secondary N) is 2. The van der Waals surface area contributed by atoms with Gasteiger partial charge in [-0.2, -0.15) is 4.98 Å². The monoisotopic (exact) mass is 283 g/mol. The highest BCUT2D eigenvalue weighted by Gasteiger charge is 2.20. The first-order chi connectivity index (χ1) is 10.3. The number of aromatic amines is 1. The Bertz CT molecular complexity index is 729. The van der Waals surface area contributed by atoms with Crippen molar-refractivity contribution in [2.45, 2.75) is 13.0 Å². The molecule has 0 spiro atoms. The third kappa shape index (κ3) is 2.27. The fourth-order valence-corrected chi connectivity index (χ4v) is 2.72. The maximum atomic E-state index is 5.81. The van der Waals surface area contributed by atoms with E-state index in [0.717, 1.165) is 42.3 Å². The molecule has 1 saturated heterocycles. The van der Waals surface area contributed by atoms with Crippen LogP contribution in [-0.2, 0) is 0 Å². The summed E-state index contributed by atoms with van der Waals surface area (Å²) >= 11 is 0. The van der Waals surface area contributed by atoms with E-state index < -0.39 is 0 Å². The Kier molecular flexibility index (Phi) is 2.89. The zero-order chi connectivity index (χ0) is 14.2. The Balaban J connectivity index is 1.64. The van der Waals surface area contributed by atoms with Crippen LogP contribution in [0.15, 0.2) is 34.7 Å². The molecule has 108 valence electrons. The summed E-state index contributed by atoms with van der Waals surface area (Å²) in [5.41, 5.74) is 0.862. The van der Waals surface area contributed by atoms with Crippen molar-refractivity contribution in [3.05, 3.63) is 30.3 Å². The number of aromatic nitrogens is 3. The molecule has 3 aromatic rings. The number of para-hydroxylation sites is 1. The number of hydrogen-bond acceptors (Lipinski definition) is 5. The van der Waals surface area contributed by atoms with Gasteiger partial charge in [-0.3, -0.25) is 5.10 Å². The normalized spacial score (nSPS) is 19.3. The van der Waals surface area contributed by atoms with Gasteiger partial charge in [0.25, 0.3) is 0 Å². The van der Waals surface area contributed by atoms with E-state index in [9.17, 15) is 0 Å². The average molecular weight is 283 g/mol. The fourth-order valence-electron chi connectivity index (χ4n) is 2.72.